The summed E-state index contributed by atoms with van der Waals surface area (Å²) >= 11 is 0. The fourth-order valence-corrected chi connectivity index (χ4v) is 3.13. The molecule has 0 amide bonds. The molecule has 0 fully saturated rings. The van der Waals surface area contributed by atoms with Crippen LogP contribution in [-0.4, -0.2) is 16.4 Å². The number of hydrogen-bond donors (Lipinski definition) is 2. The number of hydrogen-bond acceptors (Lipinski definition) is 4. The second-order valence-corrected chi connectivity index (χ2v) is 7.16. The number of nitrogen functional groups attached to an aromatic ring is 1. The molecule has 2 unspecified atom stereocenters. The summed E-state index contributed by atoms with van der Waals surface area (Å²) in [7, 11) is 0. The van der Waals surface area contributed by atoms with Crippen LogP contribution in [0.5, 0.6) is 0 Å². The first-order chi connectivity index (χ1) is 14.1. The van der Waals surface area contributed by atoms with Crippen LogP contribution in [0.25, 0.3) is 10.9 Å². The third-order valence-corrected chi connectivity index (χ3v) is 4.98. The van der Waals surface area contributed by atoms with Crippen LogP contribution in [0.1, 0.15) is 88.8 Å². The highest BCUT2D eigenvalue weighted by Crippen LogP contribution is 2.28. The highest BCUT2D eigenvalue weighted by atomic mass is 16.5. The number of carbonyl (C=O) groups excluding carboxylic acids is 1. The van der Waals surface area contributed by atoms with Gasteiger partial charge in [-0.05, 0) is 30.9 Å². The normalized spacial score (nSPS) is 12.3. The minimum absolute atomic E-state index is 0.430. The lowest BCUT2D eigenvalue weighted by Crippen LogP contribution is -2.02. The topological polar surface area (TPSA) is 84.9 Å². The number of anilines is 1. The summed E-state index contributed by atoms with van der Waals surface area (Å²) in [5.74, 6) is 1.74. The van der Waals surface area contributed by atoms with Crippen LogP contribution < -0.4 is 5.73 Å². The van der Waals surface area contributed by atoms with E-state index >= 15 is 0 Å². The molecule has 0 aliphatic heterocycles. The van der Waals surface area contributed by atoms with Crippen LogP contribution in [-0.2, 0) is 0 Å². The number of benzene rings is 1. The zero-order valence-electron chi connectivity index (χ0n) is 18.6. The maximum absolute atomic E-state index is 10.3. The fraction of sp³-hybridized carbons (Fsp3) is 0.500. The van der Waals surface area contributed by atoms with E-state index < -0.39 is 0 Å². The lowest BCUT2D eigenvalue weighted by atomic mass is 9.90. The lowest BCUT2D eigenvalue weighted by molar-refractivity contribution is 0.112. The van der Waals surface area contributed by atoms with Gasteiger partial charge in [-0.2, -0.15) is 0 Å². The van der Waals surface area contributed by atoms with Crippen molar-refractivity contribution >= 4 is 23.1 Å². The van der Waals surface area contributed by atoms with Crippen LogP contribution in [0.2, 0.25) is 0 Å². The van der Waals surface area contributed by atoms with Gasteiger partial charge in [-0.1, -0.05) is 77.2 Å². The Hall–Kier alpha value is -2.56. The average Bonchev–Trinajstić information content (AvgIpc) is 3.38. The van der Waals surface area contributed by atoms with Gasteiger partial charge in [-0.15, -0.1) is 0 Å². The van der Waals surface area contributed by atoms with Gasteiger partial charge in [0.1, 0.15) is 0 Å². The van der Waals surface area contributed by atoms with Crippen molar-refractivity contribution in [1.29, 1.82) is 0 Å². The van der Waals surface area contributed by atoms with Gasteiger partial charge in [0.25, 0.3) is 0 Å². The minimum atomic E-state index is 0.430. The predicted molar refractivity (Wildman–Crippen MR) is 122 cm³/mol. The van der Waals surface area contributed by atoms with Crippen LogP contribution in [0.4, 0.5) is 5.88 Å². The quantitative estimate of drug-likeness (QED) is 0.400. The van der Waals surface area contributed by atoms with E-state index in [0.717, 1.165) is 28.8 Å². The van der Waals surface area contributed by atoms with Gasteiger partial charge in [-0.3, -0.25) is 4.79 Å². The Morgan fingerprint density at radius 3 is 2.41 bits per heavy atom. The molecule has 2 atom stereocenters. The number of nitrogens with one attached hydrogen (secondary N) is 1. The molecule has 3 rings (SSSR count). The zero-order valence-corrected chi connectivity index (χ0v) is 18.6. The molecular formula is C24H37N3O2. The lowest BCUT2D eigenvalue weighted by Gasteiger charge is -2.15. The van der Waals surface area contributed by atoms with E-state index in [-0.39, 0.29) is 0 Å². The van der Waals surface area contributed by atoms with Crippen molar-refractivity contribution in [3.63, 3.8) is 0 Å². The van der Waals surface area contributed by atoms with Crippen LogP contribution in [0.3, 0.4) is 0 Å². The van der Waals surface area contributed by atoms with Crippen LogP contribution in [0.15, 0.2) is 40.9 Å². The second-order valence-electron chi connectivity index (χ2n) is 7.16. The highest BCUT2D eigenvalue weighted by Gasteiger charge is 2.16. The van der Waals surface area contributed by atoms with Gasteiger partial charge in [0.05, 0.1) is 11.4 Å². The van der Waals surface area contributed by atoms with Gasteiger partial charge in [0.15, 0.2) is 6.29 Å². The number of aldehydes is 1. The fourth-order valence-electron chi connectivity index (χ4n) is 3.13. The number of carbonyl (C=O) groups is 1. The number of rotatable bonds is 8. The van der Waals surface area contributed by atoms with Crippen LogP contribution >= 0.6 is 0 Å². The first-order valence-electron chi connectivity index (χ1n) is 10.8. The predicted octanol–water partition coefficient (Wildman–Crippen LogP) is 6.97. The number of aromatic nitrogens is 2. The minimum Gasteiger partial charge on any atom is -0.368 e. The van der Waals surface area contributed by atoms with E-state index in [9.17, 15) is 4.79 Å². The smallest absolute Gasteiger partial charge is 0.222 e. The summed E-state index contributed by atoms with van der Waals surface area (Å²) in [5.41, 5.74) is 8.24. The molecule has 160 valence electrons. The Kier molecular flexibility index (Phi) is 11.5. The van der Waals surface area contributed by atoms with Gasteiger partial charge in [0.2, 0.25) is 5.88 Å². The molecule has 1 aromatic carbocycles. The molecule has 0 bridgehead atoms. The summed E-state index contributed by atoms with van der Waals surface area (Å²) < 4.78 is 4.95. The second kappa shape index (κ2) is 13.6. The molecule has 29 heavy (non-hydrogen) atoms. The molecule has 0 aliphatic rings. The molecule has 2 heterocycles. The van der Waals surface area contributed by atoms with Crippen molar-refractivity contribution < 1.29 is 9.32 Å². The van der Waals surface area contributed by atoms with Crippen molar-refractivity contribution in [2.24, 2.45) is 5.92 Å². The van der Waals surface area contributed by atoms with Gasteiger partial charge in [-0.25, -0.2) is 0 Å². The number of para-hydroxylation sites is 1. The SMILES string of the molecule is CC.CCCC(CCC(C)CC)c1cc(N)on1.O=Cc1cc2ccccc2[nH]1. The van der Waals surface area contributed by atoms with E-state index in [0.29, 0.717) is 17.5 Å². The monoisotopic (exact) mass is 399 g/mol. The Morgan fingerprint density at radius 1 is 1.14 bits per heavy atom. The molecule has 3 N–H and O–H groups in total. The summed E-state index contributed by atoms with van der Waals surface area (Å²) in [6.45, 7) is 10.8. The highest BCUT2D eigenvalue weighted by molar-refractivity contribution is 5.87. The van der Waals surface area contributed by atoms with E-state index in [1.807, 2.05) is 50.2 Å². The molecule has 3 aromatic rings. The Balaban J connectivity index is 0.000000280. The molecule has 2 aromatic heterocycles. The van der Waals surface area contributed by atoms with E-state index in [2.05, 4.69) is 30.9 Å². The van der Waals surface area contributed by atoms with E-state index in [4.69, 9.17) is 10.3 Å². The molecule has 5 heteroatoms. The third kappa shape index (κ3) is 8.14. The maximum Gasteiger partial charge on any atom is 0.222 e. The molecule has 5 nitrogen and oxygen atoms in total. The number of nitrogens with zero attached hydrogens (tertiary/aromatic N) is 1. The van der Waals surface area contributed by atoms with E-state index in [1.165, 1.54) is 32.1 Å². The number of aromatic amines is 1. The number of fused-ring (bicyclic) bond motifs is 1. The van der Waals surface area contributed by atoms with Crippen molar-refractivity contribution in [1.82, 2.24) is 10.1 Å². The summed E-state index contributed by atoms with van der Waals surface area (Å²) in [4.78, 5) is 13.3. The van der Waals surface area contributed by atoms with Gasteiger partial charge < -0.3 is 15.2 Å². The van der Waals surface area contributed by atoms with Crippen molar-refractivity contribution in [3.8, 4) is 0 Å². The Labute approximate surface area is 175 Å². The van der Waals surface area contributed by atoms with Crippen molar-refractivity contribution in [2.75, 3.05) is 5.73 Å². The van der Waals surface area contributed by atoms with Crippen LogP contribution in [0, 0.1) is 5.92 Å². The standard InChI is InChI=1S/C13H24N2O.C9H7NO.C2H6/c1-4-6-11(8-7-10(3)5-2)12-9-13(14)16-15-12;11-6-8-5-7-3-1-2-4-9(7)10-8;1-2/h9-11H,4-8,14H2,1-3H3;1-6,10H;1-2H3. The van der Waals surface area contributed by atoms with Crippen molar-refractivity contribution in [3.05, 3.63) is 47.8 Å². The molecule has 0 radical (unpaired) electrons. The maximum atomic E-state index is 10.3. The van der Waals surface area contributed by atoms with E-state index in [1.54, 1.807) is 0 Å². The average molecular weight is 400 g/mol. The number of nitrogens with two attached hydrogens (primary N) is 1. The first kappa shape index (κ1) is 24.5. The zero-order chi connectivity index (χ0) is 21.6. The van der Waals surface area contributed by atoms with Crippen molar-refractivity contribution in [2.45, 2.75) is 72.6 Å². The first-order valence-corrected chi connectivity index (χ1v) is 10.8. The summed E-state index contributed by atoms with van der Waals surface area (Å²) in [6.07, 6.45) is 6.86. The molecule has 0 aliphatic carbocycles. The number of H-pyrrole nitrogens is 1. The Morgan fingerprint density at radius 2 is 1.86 bits per heavy atom. The molecule has 0 spiro atoms. The van der Waals surface area contributed by atoms with Gasteiger partial charge in [0, 0.05) is 22.9 Å². The van der Waals surface area contributed by atoms with Gasteiger partial charge >= 0.3 is 0 Å². The summed E-state index contributed by atoms with van der Waals surface area (Å²) in [6, 6.07) is 11.5. The largest absolute Gasteiger partial charge is 0.368 e. The molecular weight excluding hydrogens is 362 g/mol. The Bertz CT molecular complexity index is 789. The molecule has 0 saturated heterocycles. The third-order valence-electron chi connectivity index (χ3n) is 4.98. The molecule has 0 saturated carbocycles. The summed E-state index contributed by atoms with van der Waals surface area (Å²) in [5, 5.41) is 5.12.